The van der Waals surface area contributed by atoms with Crippen molar-refractivity contribution in [3.8, 4) is 0 Å². The SMILES string of the molecule is CCC(N)c1nc(C(=O)NCc2c(F)cccc2F)co1. The molecule has 0 fully saturated rings. The van der Waals surface area contributed by atoms with Gasteiger partial charge in [0.25, 0.3) is 5.91 Å². The molecule has 2 rings (SSSR count). The minimum Gasteiger partial charge on any atom is -0.446 e. The van der Waals surface area contributed by atoms with Gasteiger partial charge in [-0.05, 0) is 18.6 Å². The molecule has 0 saturated carbocycles. The number of oxazole rings is 1. The van der Waals surface area contributed by atoms with Gasteiger partial charge in [0.05, 0.1) is 6.04 Å². The zero-order chi connectivity index (χ0) is 15.4. The number of aromatic nitrogens is 1. The highest BCUT2D eigenvalue weighted by Crippen LogP contribution is 2.14. The Kier molecular flexibility index (Phi) is 4.64. The fourth-order valence-corrected chi connectivity index (χ4v) is 1.70. The molecular formula is C14H15F2N3O2. The first-order chi connectivity index (χ1) is 10.0. The second-order valence-corrected chi connectivity index (χ2v) is 4.47. The van der Waals surface area contributed by atoms with Gasteiger partial charge in [-0.2, -0.15) is 0 Å². The summed E-state index contributed by atoms with van der Waals surface area (Å²) in [6.45, 7) is 1.58. The fraction of sp³-hybridized carbons (Fsp3) is 0.286. The molecule has 112 valence electrons. The second kappa shape index (κ2) is 6.45. The molecule has 21 heavy (non-hydrogen) atoms. The molecular weight excluding hydrogens is 280 g/mol. The zero-order valence-corrected chi connectivity index (χ0v) is 11.4. The normalized spacial score (nSPS) is 12.2. The van der Waals surface area contributed by atoms with Crippen LogP contribution in [0.15, 0.2) is 28.9 Å². The van der Waals surface area contributed by atoms with Crippen LogP contribution in [-0.2, 0) is 6.54 Å². The summed E-state index contributed by atoms with van der Waals surface area (Å²) in [6.07, 6.45) is 1.78. The number of hydrogen-bond donors (Lipinski definition) is 2. The number of hydrogen-bond acceptors (Lipinski definition) is 4. The summed E-state index contributed by atoms with van der Waals surface area (Å²) in [4.78, 5) is 15.8. The Bertz CT molecular complexity index is 623. The molecule has 0 saturated heterocycles. The van der Waals surface area contributed by atoms with Crippen LogP contribution in [-0.4, -0.2) is 10.9 Å². The van der Waals surface area contributed by atoms with Crippen LogP contribution >= 0.6 is 0 Å². The van der Waals surface area contributed by atoms with Crippen molar-refractivity contribution in [1.82, 2.24) is 10.3 Å². The molecule has 0 radical (unpaired) electrons. The topological polar surface area (TPSA) is 81.1 Å². The molecule has 1 unspecified atom stereocenters. The highest BCUT2D eigenvalue weighted by atomic mass is 19.1. The van der Waals surface area contributed by atoms with Gasteiger partial charge < -0.3 is 15.5 Å². The molecule has 5 nitrogen and oxygen atoms in total. The van der Waals surface area contributed by atoms with Crippen molar-refractivity contribution >= 4 is 5.91 Å². The Morgan fingerprint density at radius 2 is 2.10 bits per heavy atom. The van der Waals surface area contributed by atoms with Gasteiger partial charge in [-0.25, -0.2) is 13.8 Å². The smallest absolute Gasteiger partial charge is 0.273 e. The summed E-state index contributed by atoms with van der Waals surface area (Å²) in [7, 11) is 0. The highest BCUT2D eigenvalue weighted by Gasteiger charge is 2.17. The average Bonchev–Trinajstić information content (AvgIpc) is 2.95. The van der Waals surface area contributed by atoms with E-state index in [9.17, 15) is 13.6 Å². The van der Waals surface area contributed by atoms with Crippen LogP contribution < -0.4 is 11.1 Å². The molecule has 3 N–H and O–H groups in total. The summed E-state index contributed by atoms with van der Waals surface area (Å²) in [5.41, 5.74) is 5.54. The Hall–Kier alpha value is -2.28. The third kappa shape index (κ3) is 3.43. The van der Waals surface area contributed by atoms with Crippen molar-refractivity contribution in [1.29, 1.82) is 0 Å². The fourth-order valence-electron chi connectivity index (χ4n) is 1.70. The molecule has 1 atom stereocenters. The van der Waals surface area contributed by atoms with E-state index in [1.54, 1.807) is 0 Å². The summed E-state index contributed by atoms with van der Waals surface area (Å²) in [5.74, 6) is -1.77. The van der Waals surface area contributed by atoms with Gasteiger partial charge in [-0.3, -0.25) is 4.79 Å². The first-order valence-electron chi connectivity index (χ1n) is 6.45. The molecule has 0 aliphatic rings. The minimum absolute atomic E-state index is 0.0191. The number of nitrogens with one attached hydrogen (secondary N) is 1. The van der Waals surface area contributed by atoms with Crippen LogP contribution in [0.5, 0.6) is 0 Å². The van der Waals surface area contributed by atoms with E-state index in [2.05, 4.69) is 10.3 Å². The van der Waals surface area contributed by atoms with Gasteiger partial charge in [-0.1, -0.05) is 13.0 Å². The van der Waals surface area contributed by atoms with Crippen molar-refractivity contribution < 1.29 is 18.0 Å². The monoisotopic (exact) mass is 295 g/mol. The lowest BCUT2D eigenvalue weighted by Gasteiger charge is -2.05. The maximum absolute atomic E-state index is 13.4. The number of nitrogens with two attached hydrogens (primary N) is 1. The molecule has 0 aliphatic heterocycles. The van der Waals surface area contributed by atoms with Gasteiger partial charge in [0, 0.05) is 12.1 Å². The van der Waals surface area contributed by atoms with Gasteiger partial charge in [0.2, 0.25) is 5.89 Å². The molecule has 7 heteroatoms. The third-order valence-electron chi connectivity index (χ3n) is 3.00. The third-order valence-corrected chi connectivity index (χ3v) is 3.00. The van der Waals surface area contributed by atoms with Crippen LogP contribution in [0.1, 0.15) is 41.3 Å². The number of carbonyl (C=O) groups excluding carboxylic acids is 1. The molecule has 0 bridgehead atoms. The van der Waals surface area contributed by atoms with Crippen LogP contribution in [0.25, 0.3) is 0 Å². The van der Waals surface area contributed by atoms with Gasteiger partial charge in [0.1, 0.15) is 17.9 Å². The van der Waals surface area contributed by atoms with E-state index in [1.807, 2.05) is 6.92 Å². The van der Waals surface area contributed by atoms with Gasteiger partial charge >= 0.3 is 0 Å². The molecule has 1 amide bonds. The van der Waals surface area contributed by atoms with Crippen molar-refractivity contribution in [3.05, 3.63) is 53.2 Å². The van der Waals surface area contributed by atoms with Gasteiger partial charge in [0.15, 0.2) is 5.69 Å². The summed E-state index contributed by atoms with van der Waals surface area (Å²) in [5, 5.41) is 2.38. The van der Waals surface area contributed by atoms with Crippen molar-refractivity contribution in [2.45, 2.75) is 25.9 Å². The average molecular weight is 295 g/mol. The summed E-state index contributed by atoms with van der Waals surface area (Å²) < 4.78 is 31.9. The predicted molar refractivity (Wildman–Crippen MR) is 71.3 cm³/mol. The van der Waals surface area contributed by atoms with Crippen LogP contribution in [0.4, 0.5) is 8.78 Å². The predicted octanol–water partition coefficient (Wildman–Crippen LogP) is 2.29. The minimum atomic E-state index is -0.718. The van der Waals surface area contributed by atoms with E-state index in [1.165, 1.54) is 6.07 Å². The number of nitrogens with zero attached hydrogens (tertiary/aromatic N) is 1. The lowest BCUT2D eigenvalue weighted by atomic mass is 10.2. The van der Waals surface area contributed by atoms with Crippen molar-refractivity contribution in [3.63, 3.8) is 0 Å². The Balaban J connectivity index is 2.03. The summed E-state index contributed by atoms with van der Waals surface area (Å²) in [6, 6.07) is 3.11. The molecule has 2 aromatic rings. The van der Waals surface area contributed by atoms with Gasteiger partial charge in [-0.15, -0.1) is 0 Å². The number of carbonyl (C=O) groups is 1. The largest absolute Gasteiger partial charge is 0.446 e. The summed E-state index contributed by atoms with van der Waals surface area (Å²) >= 11 is 0. The van der Waals surface area contributed by atoms with E-state index >= 15 is 0 Å². The molecule has 1 aromatic heterocycles. The van der Waals surface area contributed by atoms with Crippen LogP contribution in [0.3, 0.4) is 0 Å². The van der Waals surface area contributed by atoms with E-state index < -0.39 is 23.6 Å². The maximum atomic E-state index is 13.4. The van der Waals surface area contributed by atoms with E-state index in [0.29, 0.717) is 6.42 Å². The molecule has 0 aliphatic carbocycles. The zero-order valence-electron chi connectivity index (χ0n) is 11.4. The Labute approximate surface area is 120 Å². The molecule has 1 heterocycles. The van der Waals surface area contributed by atoms with Crippen molar-refractivity contribution in [2.24, 2.45) is 5.73 Å². The van der Waals surface area contributed by atoms with E-state index in [0.717, 1.165) is 18.4 Å². The lowest BCUT2D eigenvalue weighted by molar-refractivity contribution is 0.0945. The first kappa shape index (κ1) is 15.1. The molecule has 0 spiro atoms. The number of halogens is 2. The molecule has 1 aromatic carbocycles. The van der Waals surface area contributed by atoms with E-state index in [-0.39, 0.29) is 23.7 Å². The van der Waals surface area contributed by atoms with Crippen molar-refractivity contribution in [2.75, 3.05) is 0 Å². The highest BCUT2D eigenvalue weighted by molar-refractivity contribution is 5.91. The van der Waals surface area contributed by atoms with Crippen LogP contribution in [0.2, 0.25) is 0 Å². The number of benzene rings is 1. The Morgan fingerprint density at radius 1 is 1.43 bits per heavy atom. The lowest BCUT2D eigenvalue weighted by Crippen LogP contribution is -2.24. The Morgan fingerprint density at radius 3 is 2.71 bits per heavy atom. The number of amides is 1. The standard InChI is InChI=1S/C14H15F2N3O2/c1-2-11(17)14-19-12(7-21-14)13(20)18-6-8-9(15)4-3-5-10(8)16/h3-5,7,11H,2,6,17H2,1H3,(H,18,20). The first-order valence-corrected chi connectivity index (χ1v) is 6.45. The quantitative estimate of drug-likeness (QED) is 0.886. The second-order valence-electron chi connectivity index (χ2n) is 4.47. The maximum Gasteiger partial charge on any atom is 0.273 e. The van der Waals surface area contributed by atoms with Crippen LogP contribution in [0, 0.1) is 11.6 Å². The van der Waals surface area contributed by atoms with E-state index in [4.69, 9.17) is 10.2 Å². The number of rotatable bonds is 5.